The van der Waals surface area contributed by atoms with Crippen LogP contribution in [0.25, 0.3) is 0 Å². The van der Waals surface area contributed by atoms with Crippen molar-refractivity contribution in [2.45, 2.75) is 4.90 Å². The number of hydrogen-bond donors (Lipinski definition) is 0. The molecule has 0 aromatic carbocycles. The lowest BCUT2D eigenvalue weighted by Crippen LogP contribution is -2.11. The zero-order chi connectivity index (χ0) is 9.84. The molecule has 3 nitrogen and oxygen atoms in total. The van der Waals surface area contributed by atoms with Gasteiger partial charge >= 0.3 is 0 Å². The largest absolute Gasteiger partial charge is 0.363 e. The van der Waals surface area contributed by atoms with E-state index in [0.717, 1.165) is 10.7 Å². The predicted molar refractivity (Wildman–Crippen MR) is 55.1 cm³/mol. The predicted octanol–water partition coefficient (Wildman–Crippen LogP) is 1.74. The molecule has 0 aliphatic rings. The van der Waals surface area contributed by atoms with Gasteiger partial charge in [0.1, 0.15) is 11.9 Å². The Morgan fingerprint density at radius 3 is 2.62 bits per heavy atom. The van der Waals surface area contributed by atoms with Crippen molar-refractivity contribution in [2.75, 3.05) is 25.3 Å². The highest BCUT2D eigenvalue weighted by atomic mass is 32.2. The fraction of sp³-hybridized carbons (Fsp3) is 0.333. The van der Waals surface area contributed by atoms with E-state index in [1.807, 2.05) is 37.4 Å². The first kappa shape index (κ1) is 9.87. The van der Waals surface area contributed by atoms with E-state index in [0.29, 0.717) is 5.69 Å². The summed E-state index contributed by atoms with van der Waals surface area (Å²) in [4.78, 5) is 7.01. The Bertz CT molecular complexity index is 341. The molecule has 1 aromatic rings. The Morgan fingerprint density at radius 2 is 2.15 bits per heavy atom. The van der Waals surface area contributed by atoms with Crippen LogP contribution in [0.1, 0.15) is 5.69 Å². The van der Waals surface area contributed by atoms with Gasteiger partial charge in [-0.1, -0.05) is 0 Å². The van der Waals surface area contributed by atoms with Crippen molar-refractivity contribution in [1.29, 1.82) is 5.26 Å². The van der Waals surface area contributed by atoms with Crippen LogP contribution in [0.4, 0.5) is 5.82 Å². The quantitative estimate of drug-likeness (QED) is 0.671. The molecule has 0 saturated heterocycles. The van der Waals surface area contributed by atoms with E-state index in [1.54, 1.807) is 0 Å². The molecule has 1 heterocycles. The van der Waals surface area contributed by atoms with Gasteiger partial charge in [0, 0.05) is 19.0 Å². The molecule has 1 aromatic heterocycles. The van der Waals surface area contributed by atoms with Crippen molar-refractivity contribution >= 4 is 17.6 Å². The molecule has 0 fully saturated rings. The number of anilines is 1. The average molecular weight is 193 g/mol. The third-order valence-electron chi connectivity index (χ3n) is 1.63. The summed E-state index contributed by atoms with van der Waals surface area (Å²) in [5, 5.41) is 8.81. The minimum Gasteiger partial charge on any atom is -0.363 e. The maximum absolute atomic E-state index is 8.81. The molecular weight excluding hydrogens is 182 g/mol. The molecule has 0 spiro atoms. The van der Waals surface area contributed by atoms with Gasteiger partial charge in [-0.2, -0.15) is 5.26 Å². The standard InChI is InChI=1S/C9H11N3S/c1-12(2)9-5-4-8(13-3)7(6-10)11-9/h4-5H,1-3H3. The number of nitriles is 1. The second-order valence-electron chi connectivity index (χ2n) is 2.73. The van der Waals surface area contributed by atoms with Crippen LogP contribution in [0.5, 0.6) is 0 Å². The lowest BCUT2D eigenvalue weighted by Gasteiger charge is -2.11. The molecule has 0 radical (unpaired) electrons. The number of hydrogen-bond acceptors (Lipinski definition) is 4. The monoisotopic (exact) mass is 193 g/mol. The average Bonchev–Trinajstić information content (AvgIpc) is 2.16. The highest BCUT2D eigenvalue weighted by Crippen LogP contribution is 2.20. The van der Waals surface area contributed by atoms with Gasteiger partial charge in [0.15, 0.2) is 5.69 Å². The molecule has 13 heavy (non-hydrogen) atoms. The molecular formula is C9H11N3S. The number of pyridine rings is 1. The van der Waals surface area contributed by atoms with Crippen LogP contribution in [0.15, 0.2) is 17.0 Å². The van der Waals surface area contributed by atoms with Crippen molar-refractivity contribution in [2.24, 2.45) is 0 Å². The Balaban J connectivity index is 3.15. The maximum Gasteiger partial charge on any atom is 0.156 e. The van der Waals surface area contributed by atoms with Gasteiger partial charge in [-0.25, -0.2) is 4.98 Å². The fourth-order valence-electron chi connectivity index (χ4n) is 0.930. The SMILES string of the molecule is CSc1ccc(N(C)C)nc1C#N. The number of nitrogens with zero attached hydrogens (tertiary/aromatic N) is 3. The first-order chi connectivity index (χ1) is 6.19. The van der Waals surface area contributed by atoms with Crippen LogP contribution in [0.2, 0.25) is 0 Å². The molecule has 0 bridgehead atoms. The molecule has 1 rings (SSSR count). The van der Waals surface area contributed by atoms with E-state index >= 15 is 0 Å². The highest BCUT2D eigenvalue weighted by Gasteiger charge is 2.04. The van der Waals surface area contributed by atoms with Crippen molar-refractivity contribution in [3.8, 4) is 6.07 Å². The zero-order valence-corrected chi connectivity index (χ0v) is 8.72. The van der Waals surface area contributed by atoms with Gasteiger partial charge in [-0.15, -0.1) is 11.8 Å². The van der Waals surface area contributed by atoms with Gasteiger partial charge in [0.25, 0.3) is 0 Å². The third kappa shape index (κ3) is 2.13. The Labute approximate surface area is 82.4 Å². The van der Waals surface area contributed by atoms with Gasteiger partial charge in [-0.3, -0.25) is 0 Å². The first-order valence-electron chi connectivity index (χ1n) is 3.81. The normalized spacial score (nSPS) is 9.38. The Kier molecular flexibility index (Phi) is 3.15. The van der Waals surface area contributed by atoms with E-state index in [-0.39, 0.29) is 0 Å². The summed E-state index contributed by atoms with van der Waals surface area (Å²) in [5.74, 6) is 0.814. The van der Waals surface area contributed by atoms with E-state index in [2.05, 4.69) is 11.1 Å². The smallest absolute Gasteiger partial charge is 0.156 e. The summed E-state index contributed by atoms with van der Waals surface area (Å²) in [7, 11) is 3.81. The molecule has 0 saturated carbocycles. The molecule has 0 aliphatic heterocycles. The molecule has 0 unspecified atom stereocenters. The highest BCUT2D eigenvalue weighted by molar-refractivity contribution is 7.98. The van der Waals surface area contributed by atoms with E-state index in [4.69, 9.17) is 5.26 Å². The van der Waals surface area contributed by atoms with Gasteiger partial charge < -0.3 is 4.90 Å². The second-order valence-corrected chi connectivity index (χ2v) is 3.57. The zero-order valence-electron chi connectivity index (χ0n) is 7.90. The van der Waals surface area contributed by atoms with Crippen LogP contribution in [0.3, 0.4) is 0 Å². The topological polar surface area (TPSA) is 39.9 Å². The second kappa shape index (κ2) is 4.15. The minimum absolute atomic E-state index is 0.499. The number of aromatic nitrogens is 1. The summed E-state index contributed by atoms with van der Waals surface area (Å²) in [6.07, 6.45) is 1.94. The van der Waals surface area contributed by atoms with Crippen LogP contribution in [0, 0.1) is 11.3 Å². The van der Waals surface area contributed by atoms with Crippen molar-refractivity contribution in [3.05, 3.63) is 17.8 Å². The van der Waals surface area contributed by atoms with Gasteiger partial charge in [0.05, 0.1) is 0 Å². The van der Waals surface area contributed by atoms with E-state index < -0.39 is 0 Å². The number of thioether (sulfide) groups is 1. The Hall–Kier alpha value is -1.21. The molecule has 4 heteroatoms. The molecule has 0 amide bonds. The first-order valence-corrected chi connectivity index (χ1v) is 5.04. The summed E-state index contributed by atoms with van der Waals surface area (Å²) in [6.45, 7) is 0. The minimum atomic E-state index is 0.499. The van der Waals surface area contributed by atoms with Crippen LogP contribution >= 0.6 is 11.8 Å². The van der Waals surface area contributed by atoms with E-state index in [9.17, 15) is 0 Å². The lowest BCUT2D eigenvalue weighted by molar-refractivity contribution is 1.04. The van der Waals surface area contributed by atoms with Crippen molar-refractivity contribution in [3.63, 3.8) is 0 Å². The van der Waals surface area contributed by atoms with E-state index in [1.165, 1.54) is 11.8 Å². The number of rotatable bonds is 2. The molecule has 0 N–H and O–H groups in total. The summed E-state index contributed by atoms with van der Waals surface area (Å²) >= 11 is 1.54. The summed E-state index contributed by atoms with van der Waals surface area (Å²) in [6, 6.07) is 5.91. The lowest BCUT2D eigenvalue weighted by atomic mass is 10.3. The summed E-state index contributed by atoms with van der Waals surface area (Å²) in [5.41, 5.74) is 0.499. The van der Waals surface area contributed by atoms with Crippen LogP contribution < -0.4 is 4.90 Å². The van der Waals surface area contributed by atoms with Gasteiger partial charge in [-0.05, 0) is 18.4 Å². The fourth-order valence-corrected chi connectivity index (χ4v) is 1.42. The molecule has 68 valence electrons. The van der Waals surface area contributed by atoms with Crippen LogP contribution in [-0.4, -0.2) is 25.3 Å². The van der Waals surface area contributed by atoms with Crippen molar-refractivity contribution in [1.82, 2.24) is 4.98 Å². The molecule has 0 atom stereocenters. The van der Waals surface area contributed by atoms with Gasteiger partial charge in [0.2, 0.25) is 0 Å². The third-order valence-corrected chi connectivity index (χ3v) is 2.40. The Morgan fingerprint density at radius 1 is 1.46 bits per heavy atom. The summed E-state index contributed by atoms with van der Waals surface area (Å²) < 4.78 is 0. The van der Waals surface area contributed by atoms with Crippen molar-refractivity contribution < 1.29 is 0 Å². The maximum atomic E-state index is 8.81. The molecule has 0 aliphatic carbocycles. The van der Waals surface area contributed by atoms with Crippen LogP contribution in [-0.2, 0) is 0 Å².